The molecule has 4 heteroatoms. The van der Waals surface area contributed by atoms with Crippen LogP contribution in [-0.2, 0) is 0 Å². The number of aryl methyl sites for hydroxylation is 1. The lowest BCUT2D eigenvalue weighted by molar-refractivity contribution is 0.338. The standard InChI is InChI=1S/C16H21N3O/c1-4-18-16(13-7-6-12(3)19-10-13)14-8-15(20-5-2)11-17-9-14/h6-11,16,18H,4-5H2,1-3H3. The predicted octanol–water partition coefficient (Wildman–Crippen LogP) is 2.88. The van der Waals surface area contributed by atoms with Gasteiger partial charge in [-0.25, -0.2) is 0 Å². The Bertz CT molecular complexity index is 540. The van der Waals surface area contributed by atoms with E-state index in [4.69, 9.17) is 4.74 Å². The van der Waals surface area contributed by atoms with E-state index >= 15 is 0 Å². The molecule has 0 saturated carbocycles. The quantitative estimate of drug-likeness (QED) is 0.877. The largest absolute Gasteiger partial charge is 0.492 e. The van der Waals surface area contributed by atoms with Gasteiger partial charge in [0.25, 0.3) is 0 Å². The van der Waals surface area contributed by atoms with E-state index in [1.807, 2.05) is 38.4 Å². The van der Waals surface area contributed by atoms with Crippen LogP contribution in [0.4, 0.5) is 0 Å². The van der Waals surface area contributed by atoms with Crippen molar-refractivity contribution in [2.45, 2.75) is 26.8 Å². The number of pyridine rings is 2. The minimum atomic E-state index is 0.0843. The number of aromatic nitrogens is 2. The third kappa shape index (κ3) is 3.54. The van der Waals surface area contributed by atoms with Crippen molar-refractivity contribution in [1.82, 2.24) is 15.3 Å². The fourth-order valence-corrected chi connectivity index (χ4v) is 2.12. The summed E-state index contributed by atoms with van der Waals surface area (Å²) >= 11 is 0. The van der Waals surface area contributed by atoms with Crippen molar-refractivity contribution in [2.24, 2.45) is 0 Å². The van der Waals surface area contributed by atoms with Crippen molar-refractivity contribution in [3.8, 4) is 5.75 Å². The first-order valence-corrected chi connectivity index (χ1v) is 6.98. The van der Waals surface area contributed by atoms with Crippen LogP contribution in [0.1, 0.15) is 36.7 Å². The van der Waals surface area contributed by atoms with Crippen molar-refractivity contribution in [3.63, 3.8) is 0 Å². The maximum atomic E-state index is 5.52. The predicted molar refractivity (Wildman–Crippen MR) is 79.9 cm³/mol. The highest BCUT2D eigenvalue weighted by Crippen LogP contribution is 2.24. The second kappa shape index (κ2) is 7.01. The molecule has 0 aliphatic carbocycles. The molecule has 0 amide bonds. The number of nitrogens with one attached hydrogen (secondary N) is 1. The van der Waals surface area contributed by atoms with Gasteiger partial charge in [0, 0.05) is 18.1 Å². The molecule has 0 aliphatic heterocycles. The first kappa shape index (κ1) is 14.5. The summed E-state index contributed by atoms with van der Waals surface area (Å²) < 4.78 is 5.52. The summed E-state index contributed by atoms with van der Waals surface area (Å²) in [7, 11) is 0. The highest BCUT2D eigenvalue weighted by Gasteiger charge is 2.14. The molecule has 0 fully saturated rings. The normalized spacial score (nSPS) is 12.2. The minimum absolute atomic E-state index is 0.0843. The molecule has 20 heavy (non-hydrogen) atoms. The van der Waals surface area contributed by atoms with Crippen LogP contribution in [0.2, 0.25) is 0 Å². The van der Waals surface area contributed by atoms with Gasteiger partial charge in [-0.15, -0.1) is 0 Å². The van der Waals surface area contributed by atoms with Crippen LogP contribution >= 0.6 is 0 Å². The summed E-state index contributed by atoms with van der Waals surface area (Å²) in [4.78, 5) is 8.64. The molecule has 1 atom stereocenters. The van der Waals surface area contributed by atoms with Crippen LogP contribution in [0.25, 0.3) is 0 Å². The van der Waals surface area contributed by atoms with E-state index < -0.39 is 0 Å². The van der Waals surface area contributed by atoms with Crippen LogP contribution in [0.5, 0.6) is 5.75 Å². The van der Waals surface area contributed by atoms with Crippen molar-refractivity contribution < 1.29 is 4.74 Å². The highest BCUT2D eigenvalue weighted by molar-refractivity contribution is 5.33. The number of hydrogen-bond donors (Lipinski definition) is 1. The Morgan fingerprint density at radius 2 is 2.00 bits per heavy atom. The summed E-state index contributed by atoms with van der Waals surface area (Å²) in [6, 6.07) is 6.24. The molecule has 2 rings (SSSR count). The lowest BCUT2D eigenvalue weighted by atomic mass is 10.0. The van der Waals surface area contributed by atoms with Gasteiger partial charge in [-0.05, 0) is 43.7 Å². The molecule has 0 aliphatic rings. The summed E-state index contributed by atoms with van der Waals surface area (Å²) in [5.74, 6) is 0.799. The summed E-state index contributed by atoms with van der Waals surface area (Å²) in [5.41, 5.74) is 3.24. The Hall–Kier alpha value is -1.94. The smallest absolute Gasteiger partial charge is 0.137 e. The van der Waals surface area contributed by atoms with Gasteiger partial charge in [-0.3, -0.25) is 9.97 Å². The van der Waals surface area contributed by atoms with Gasteiger partial charge in [0.05, 0.1) is 18.8 Å². The molecular weight excluding hydrogens is 250 g/mol. The van der Waals surface area contributed by atoms with Gasteiger partial charge in [0.15, 0.2) is 0 Å². The van der Waals surface area contributed by atoms with Crippen molar-refractivity contribution in [3.05, 3.63) is 53.6 Å². The van der Waals surface area contributed by atoms with Crippen LogP contribution in [-0.4, -0.2) is 23.1 Å². The monoisotopic (exact) mass is 271 g/mol. The number of ether oxygens (including phenoxy) is 1. The average Bonchev–Trinajstić information content (AvgIpc) is 2.47. The van der Waals surface area contributed by atoms with E-state index in [0.29, 0.717) is 6.61 Å². The Morgan fingerprint density at radius 1 is 1.15 bits per heavy atom. The number of nitrogens with zero attached hydrogens (tertiary/aromatic N) is 2. The van der Waals surface area contributed by atoms with Gasteiger partial charge in [0.1, 0.15) is 5.75 Å². The van der Waals surface area contributed by atoms with Crippen molar-refractivity contribution in [1.29, 1.82) is 0 Å². The molecule has 1 N–H and O–H groups in total. The van der Waals surface area contributed by atoms with Gasteiger partial charge >= 0.3 is 0 Å². The Kier molecular flexibility index (Phi) is 5.07. The molecule has 2 aromatic rings. The van der Waals surface area contributed by atoms with E-state index in [2.05, 4.69) is 28.3 Å². The first-order chi connectivity index (χ1) is 9.74. The highest BCUT2D eigenvalue weighted by atomic mass is 16.5. The fraction of sp³-hybridized carbons (Fsp3) is 0.375. The molecule has 0 aromatic carbocycles. The Labute approximate surface area is 120 Å². The molecule has 2 heterocycles. The minimum Gasteiger partial charge on any atom is -0.492 e. The number of rotatable bonds is 6. The van der Waals surface area contributed by atoms with Crippen molar-refractivity contribution >= 4 is 0 Å². The first-order valence-electron chi connectivity index (χ1n) is 6.98. The van der Waals surface area contributed by atoms with Crippen LogP contribution in [0.3, 0.4) is 0 Å². The Balaban J connectivity index is 2.32. The second-order valence-electron chi connectivity index (χ2n) is 4.61. The van der Waals surface area contributed by atoms with Gasteiger partial charge < -0.3 is 10.1 Å². The third-order valence-electron chi connectivity index (χ3n) is 3.05. The number of hydrogen-bond acceptors (Lipinski definition) is 4. The molecule has 2 aromatic heterocycles. The fourth-order valence-electron chi connectivity index (χ4n) is 2.12. The van der Waals surface area contributed by atoms with E-state index in [9.17, 15) is 0 Å². The molecule has 0 spiro atoms. The molecule has 0 saturated heterocycles. The zero-order valence-electron chi connectivity index (χ0n) is 12.3. The van der Waals surface area contributed by atoms with Gasteiger partial charge in [-0.1, -0.05) is 13.0 Å². The zero-order chi connectivity index (χ0) is 14.4. The molecule has 4 nitrogen and oxygen atoms in total. The molecule has 1 unspecified atom stereocenters. The van der Waals surface area contributed by atoms with Gasteiger partial charge in [0.2, 0.25) is 0 Å². The van der Waals surface area contributed by atoms with Crippen LogP contribution in [0, 0.1) is 6.92 Å². The molecular formula is C16H21N3O. The van der Waals surface area contributed by atoms with E-state index in [0.717, 1.165) is 29.1 Å². The van der Waals surface area contributed by atoms with E-state index in [1.54, 1.807) is 6.20 Å². The van der Waals surface area contributed by atoms with Gasteiger partial charge in [-0.2, -0.15) is 0 Å². The lowest BCUT2D eigenvalue weighted by Crippen LogP contribution is -2.22. The summed E-state index contributed by atoms with van der Waals surface area (Å²) in [6.07, 6.45) is 5.52. The molecule has 0 bridgehead atoms. The SMILES string of the molecule is CCNC(c1ccc(C)nc1)c1cncc(OCC)c1. The average molecular weight is 271 g/mol. The lowest BCUT2D eigenvalue weighted by Gasteiger charge is -2.19. The Morgan fingerprint density at radius 3 is 2.65 bits per heavy atom. The second-order valence-corrected chi connectivity index (χ2v) is 4.61. The molecule has 0 radical (unpaired) electrons. The zero-order valence-corrected chi connectivity index (χ0v) is 12.3. The van der Waals surface area contributed by atoms with Crippen LogP contribution < -0.4 is 10.1 Å². The van der Waals surface area contributed by atoms with E-state index in [-0.39, 0.29) is 6.04 Å². The molecule has 106 valence electrons. The van der Waals surface area contributed by atoms with Crippen molar-refractivity contribution in [2.75, 3.05) is 13.2 Å². The van der Waals surface area contributed by atoms with Crippen LogP contribution in [0.15, 0.2) is 36.8 Å². The maximum absolute atomic E-state index is 5.52. The topological polar surface area (TPSA) is 47.0 Å². The summed E-state index contributed by atoms with van der Waals surface area (Å²) in [6.45, 7) is 7.57. The maximum Gasteiger partial charge on any atom is 0.137 e. The summed E-state index contributed by atoms with van der Waals surface area (Å²) in [5, 5.41) is 3.47. The van der Waals surface area contributed by atoms with E-state index in [1.165, 1.54) is 0 Å². The third-order valence-corrected chi connectivity index (χ3v) is 3.05.